The third kappa shape index (κ3) is 4.39. The van der Waals surface area contributed by atoms with Gasteiger partial charge in [0.05, 0.1) is 12.5 Å². The molecule has 1 fully saturated rings. The molecule has 114 valence electrons. The number of nitrogens with zero attached hydrogens (tertiary/aromatic N) is 1. The highest BCUT2D eigenvalue weighted by molar-refractivity contribution is 7.99. The lowest BCUT2D eigenvalue weighted by molar-refractivity contribution is -0.141. The highest BCUT2D eigenvalue weighted by atomic mass is 32.2. The van der Waals surface area contributed by atoms with Gasteiger partial charge >= 0.3 is 5.97 Å². The van der Waals surface area contributed by atoms with Crippen molar-refractivity contribution in [1.29, 1.82) is 0 Å². The molecule has 1 aromatic rings. The van der Waals surface area contributed by atoms with Crippen molar-refractivity contribution in [3.8, 4) is 5.75 Å². The maximum absolute atomic E-state index is 12.3. The van der Waals surface area contributed by atoms with Gasteiger partial charge in [-0.05, 0) is 18.6 Å². The maximum atomic E-state index is 12.3. The van der Waals surface area contributed by atoms with Gasteiger partial charge in [-0.2, -0.15) is 11.8 Å². The molecule has 21 heavy (non-hydrogen) atoms. The van der Waals surface area contributed by atoms with Crippen LogP contribution in [-0.4, -0.2) is 52.6 Å². The minimum Gasteiger partial charge on any atom is -0.484 e. The Balaban J connectivity index is 1.94. The summed E-state index contributed by atoms with van der Waals surface area (Å²) in [5.41, 5.74) is 0.974. The van der Waals surface area contributed by atoms with Crippen molar-refractivity contribution >= 4 is 23.6 Å². The minimum atomic E-state index is -0.875. The third-order valence-corrected chi connectivity index (χ3v) is 4.49. The fourth-order valence-corrected chi connectivity index (χ4v) is 3.36. The van der Waals surface area contributed by atoms with Gasteiger partial charge in [-0.1, -0.05) is 18.2 Å². The molecule has 1 saturated heterocycles. The van der Waals surface area contributed by atoms with Gasteiger partial charge in [-0.3, -0.25) is 9.59 Å². The lowest BCUT2D eigenvalue weighted by Crippen LogP contribution is -2.48. The number of hydrogen-bond acceptors (Lipinski definition) is 4. The molecular formula is C15H19NO4S. The smallest absolute Gasteiger partial charge is 0.305 e. The molecule has 2 rings (SSSR count). The second kappa shape index (κ2) is 7.36. The number of amides is 1. The molecule has 1 aromatic carbocycles. The van der Waals surface area contributed by atoms with Crippen LogP contribution in [0.5, 0.6) is 5.75 Å². The summed E-state index contributed by atoms with van der Waals surface area (Å²) in [6, 6.07) is 7.27. The van der Waals surface area contributed by atoms with E-state index < -0.39 is 5.97 Å². The highest BCUT2D eigenvalue weighted by Crippen LogP contribution is 2.20. The van der Waals surface area contributed by atoms with Gasteiger partial charge in [-0.15, -0.1) is 0 Å². The Labute approximate surface area is 128 Å². The molecule has 1 aliphatic heterocycles. The number of carbonyl (C=O) groups is 2. The number of rotatable bonds is 5. The Bertz CT molecular complexity index is 520. The SMILES string of the molecule is Cc1ccccc1OCC(=O)N1CCSCC1CC(=O)O. The minimum absolute atomic E-state index is 0.0108. The van der Waals surface area contributed by atoms with Crippen molar-refractivity contribution in [2.24, 2.45) is 0 Å². The monoisotopic (exact) mass is 309 g/mol. The van der Waals surface area contributed by atoms with Crippen LogP contribution in [0, 0.1) is 6.92 Å². The third-order valence-electron chi connectivity index (χ3n) is 3.40. The topological polar surface area (TPSA) is 66.8 Å². The van der Waals surface area contributed by atoms with E-state index in [1.807, 2.05) is 31.2 Å². The van der Waals surface area contributed by atoms with Crippen molar-refractivity contribution in [3.05, 3.63) is 29.8 Å². The summed E-state index contributed by atoms with van der Waals surface area (Å²) in [5, 5.41) is 8.93. The average molecular weight is 309 g/mol. The number of ether oxygens (including phenoxy) is 1. The number of benzene rings is 1. The Morgan fingerprint density at radius 3 is 2.90 bits per heavy atom. The van der Waals surface area contributed by atoms with Gasteiger partial charge in [0, 0.05) is 18.1 Å². The highest BCUT2D eigenvalue weighted by Gasteiger charge is 2.28. The van der Waals surface area contributed by atoms with Crippen molar-refractivity contribution in [3.63, 3.8) is 0 Å². The fourth-order valence-electron chi connectivity index (χ4n) is 2.29. The van der Waals surface area contributed by atoms with Crippen LogP contribution < -0.4 is 4.74 Å². The Hall–Kier alpha value is -1.69. The Morgan fingerprint density at radius 2 is 2.19 bits per heavy atom. The van der Waals surface area contributed by atoms with E-state index in [0.29, 0.717) is 18.0 Å². The Kier molecular flexibility index (Phi) is 5.50. The normalized spacial score (nSPS) is 18.3. The van der Waals surface area contributed by atoms with Crippen molar-refractivity contribution in [2.75, 3.05) is 24.7 Å². The number of carboxylic acid groups (broad SMARTS) is 1. The van der Waals surface area contributed by atoms with Gasteiger partial charge in [0.15, 0.2) is 6.61 Å². The van der Waals surface area contributed by atoms with Crippen LogP contribution in [0.25, 0.3) is 0 Å². The van der Waals surface area contributed by atoms with Crippen LogP contribution in [0.4, 0.5) is 0 Å². The Morgan fingerprint density at radius 1 is 1.43 bits per heavy atom. The van der Waals surface area contributed by atoms with E-state index in [-0.39, 0.29) is 25.0 Å². The number of carbonyl (C=O) groups excluding carboxylic acids is 1. The molecule has 0 spiro atoms. The van der Waals surface area contributed by atoms with E-state index in [2.05, 4.69) is 0 Å². The molecule has 0 aliphatic carbocycles. The fraction of sp³-hybridized carbons (Fsp3) is 0.467. The van der Waals surface area contributed by atoms with Crippen molar-refractivity contribution in [1.82, 2.24) is 4.90 Å². The number of para-hydroxylation sites is 1. The van der Waals surface area contributed by atoms with Crippen molar-refractivity contribution in [2.45, 2.75) is 19.4 Å². The van der Waals surface area contributed by atoms with Crippen LogP contribution in [0.1, 0.15) is 12.0 Å². The predicted octanol–water partition coefficient (Wildman–Crippen LogP) is 1.79. The lowest BCUT2D eigenvalue weighted by atomic mass is 10.2. The molecule has 1 N–H and O–H groups in total. The first-order chi connectivity index (χ1) is 10.1. The lowest BCUT2D eigenvalue weighted by Gasteiger charge is -2.34. The number of thioether (sulfide) groups is 1. The summed E-state index contributed by atoms with van der Waals surface area (Å²) >= 11 is 1.69. The van der Waals surface area contributed by atoms with Gasteiger partial charge in [0.2, 0.25) is 0 Å². The molecule has 0 radical (unpaired) electrons. The first-order valence-electron chi connectivity index (χ1n) is 6.85. The van der Waals surface area contributed by atoms with Gasteiger partial charge < -0.3 is 14.7 Å². The summed E-state index contributed by atoms with van der Waals surface area (Å²) in [6.07, 6.45) is -0.0108. The van der Waals surface area contributed by atoms with Crippen LogP contribution in [0.15, 0.2) is 24.3 Å². The van der Waals surface area contributed by atoms with Gasteiger partial charge in [0.25, 0.3) is 5.91 Å². The summed E-state index contributed by atoms with van der Waals surface area (Å²) in [7, 11) is 0. The zero-order valence-electron chi connectivity index (χ0n) is 11.9. The number of aryl methyl sites for hydroxylation is 1. The number of carboxylic acids is 1. The molecule has 1 unspecified atom stereocenters. The van der Waals surface area contributed by atoms with E-state index in [1.54, 1.807) is 16.7 Å². The second-order valence-electron chi connectivity index (χ2n) is 4.97. The van der Waals surface area contributed by atoms with Gasteiger partial charge in [-0.25, -0.2) is 0 Å². The van der Waals surface area contributed by atoms with E-state index in [9.17, 15) is 9.59 Å². The molecule has 5 nitrogen and oxygen atoms in total. The second-order valence-corrected chi connectivity index (χ2v) is 6.12. The van der Waals surface area contributed by atoms with Gasteiger partial charge in [0.1, 0.15) is 5.75 Å². The van der Waals surface area contributed by atoms with E-state index in [4.69, 9.17) is 9.84 Å². The molecule has 0 bridgehead atoms. The first-order valence-corrected chi connectivity index (χ1v) is 8.01. The van der Waals surface area contributed by atoms with Crippen LogP contribution in [0.3, 0.4) is 0 Å². The zero-order chi connectivity index (χ0) is 15.2. The largest absolute Gasteiger partial charge is 0.484 e. The average Bonchev–Trinajstić information content (AvgIpc) is 2.46. The molecule has 1 amide bonds. The molecular weight excluding hydrogens is 290 g/mol. The molecule has 1 aliphatic rings. The number of hydrogen-bond donors (Lipinski definition) is 1. The maximum Gasteiger partial charge on any atom is 0.305 e. The summed E-state index contributed by atoms with van der Waals surface area (Å²) in [4.78, 5) is 24.8. The zero-order valence-corrected chi connectivity index (χ0v) is 12.8. The van der Waals surface area contributed by atoms with E-state index in [0.717, 1.165) is 11.3 Å². The summed E-state index contributed by atoms with van der Waals surface area (Å²) < 4.78 is 5.56. The quantitative estimate of drug-likeness (QED) is 0.898. The van der Waals surface area contributed by atoms with Crippen LogP contribution >= 0.6 is 11.8 Å². The van der Waals surface area contributed by atoms with Crippen molar-refractivity contribution < 1.29 is 19.4 Å². The first kappa shape index (κ1) is 15.7. The number of aliphatic carboxylic acids is 1. The van der Waals surface area contributed by atoms with E-state index in [1.165, 1.54) is 0 Å². The standard InChI is InChI=1S/C15H19NO4S/c1-11-4-2-3-5-13(11)20-9-14(17)16-6-7-21-10-12(16)8-15(18)19/h2-5,12H,6-10H2,1H3,(H,18,19). The molecule has 0 aromatic heterocycles. The van der Waals surface area contributed by atoms with Crippen LogP contribution in [-0.2, 0) is 9.59 Å². The molecule has 1 atom stereocenters. The van der Waals surface area contributed by atoms with E-state index >= 15 is 0 Å². The molecule has 1 heterocycles. The summed E-state index contributed by atoms with van der Waals surface area (Å²) in [5.74, 6) is 1.17. The predicted molar refractivity (Wildman–Crippen MR) is 81.8 cm³/mol. The summed E-state index contributed by atoms with van der Waals surface area (Å²) in [6.45, 7) is 2.45. The van der Waals surface area contributed by atoms with Crippen LogP contribution in [0.2, 0.25) is 0 Å². The molecule has 0 saturated carbocycles. The molecule has 6 heteroatoms.